The van der Waals surface area contributed by atoms with Crippen molar-refractivity contribution in [1.29, 1.82) is 0 Å². The van der Waals surface area contributed by atoms with Crippen LogP contribution in [0.2, 0.25) is 0 Å². The molecule has 1 aliphatic heterocycles. The Hall–Kier alpha value is -3.54. The molecule has 2 amide bonds. The first kappa shape index (κ1) is 23.6. The number of benzene rings is 3. The molecule has 3 aromatic rings. The molecule has 0 radical (unpaired) electrons. The number of carbonyl (C=O) groups excluding carboxylic acids is 2. The Bertz CT molecular complexity index is 1170. The van der Waals surface area contributed by atoms with Gasteiger partial charge in [-0.3, -0.25) is 9.59 Å². The molecule has 178 valence electrons. The fourth-order valence-corrected chi connectivity index (χ4v) is 4.82. The standard InChI is InChI=1S/C28H32N2O4/c1-33-24-11-10-20(18-25(24)34-2)14-17-29-26(31)12-15-28(16-13-27(32)30-28)19-22-8-5-7-21-6-3-4-9-23(21)22/h3-11,18H,12-17,19H2,1-2H3,(H,29,31)(H,30,32)/t28-/m0/s1. The number of methoxy groups -OCH3 is 2. The van der Waals surface area contributed by atoms with Crippen LogP contribution in [-0.2, 0) is 22.4 Å². The van der Waals surface area contributed by atoms with Gasteiger partial charge in [-0.05, 0) is 59.7 Å². The number of hydrogen-bond donors (Lipinski definition) is 2. The lowest BCUT2D eigenvalue weighted by Crippen LogP contribution is -2.44. The molecule has 2 N–H and O–H groups in total. The van der Waals surface area contributed by atoms with Crippen LogP contribution in [0.3, 0.4) is 0 Å². The summed E-state index contributed by atoms with van der Waals surface area (Å²) in [6.45, 7) is 0.539. The number of ether oxygens (including phenoxy) is 2. The van der Waals surface area contributed by atoms with E-state index in [1.807, 2.05) is 30.3 Å². The predicted molar refractivity (Wildman–Crippen MR) is 133 cm³/mol. The summed E-state index contributed by atoms with van der Waals surface area (Å²) in [6, 6.07) is 20.4. The van der Waals surface area contributed by atoms with Crippen LogP contribution in [0.25, 0.3) is 10.8 Å². The Morgan fingerprint density at radius 2 is 1.82 bits per heavy atom. The fraction of sp³-hybridized carbons (Fsp3) is 0.357. The smallest absolute Gasteiger partial charge is 0.220 e. The van der Waals surface area contributed by atoms with E-state index in [2.05, 4.69) is 41.0 Å². The summed E-state index contributed by atoms with van der Waals surface area (Å²) in [5.41, 5.74) is 1.88. The van der Waals surface area contributed by atoms with Crippen LogP contribution in [0.5, 0.6) is 11.5 Å². The van der Waals surface area contributed by atoms with Crippen molar-refractivity contribution in [3.63, 3.8) is 0 Å². The van der Waals surface area contributed by atoms with Gasteiger partial charge in [0.15, 0.2) is 11.5 Å². The summed E-state index contributed by atoms with van der Waals surface area (Å²) in [7, 11) is 3.22. The molecule has 1 atom stereocenters. The van der Waals surface area contributed by atoms with Crippen molar-refractivity contribution >= 4 is 22.6 Å². The minimum Gasteiger partial charge on any atom is -0.493 e. The van der Waals surface area contributed by atoms with Crippen molar-refractivity contribution in [2.45, 2.75) is 44.1 Å². The quantitative estimate of drug-likeness (QED) is 0.476. The molecule has 1 saturated heterocycles. The molecule has 0 bridgehead atoms. The van der Waals surface area contributed by atoms with Gasteiger partial charge in [0.05, 0.1) is 14.2 Å². The van der Waals surface area contributed by atoms with Crippen molar-refractivity contribution in [3.05, 3.63) is 71.8 Å². The molecule has 0 saturated carbocycles. The lowest BCUT2D eigenvalue weighted by atomic mass is 9.83. The zero-order valence-corrected chi connectivity index (χ0v) is 19.9. The first-order valence-corrected chi connectivity index (χ1v) is 11.8. The molecule has 1 aliphatic rings. The van der Waals surface area contributed by atoms with Gasteiger partial charge in [0.1, 0.15) is 0 Å². The monoisotopic (exact) mass is 460 g/mol. The van der Waals surface area contributed by atoms with E-state index in [4.69, 9.17) is 9.47 Å². The first-order chi connectivity index (χ1) is 16.5. The van der Waals surface area contributed by atoms with Gasteiger partial charge in [-0.1, -0.05) is 48.5 Å². The molecule has 3 aromatic carbocycles. The van der Waals surface area contributed by atoms with Crippen molar-refractivity contribution < 1.29 is 19.1 Å². The van der Waals surface area contributed by atoms with Gasteiger partial charge in [0.25, 0.3) is 0 Å². The van der Waals surface area contributed by atoms with Crippen LogP contribution in [0.1, 0.15) is 36.8 Å². The minimum absolute atomic E-state index is 0.001000. The highest BCUT2D eigenvalue weighted by Crippen LogP contribution is 2.32. The van der Waals surface area contributed by atoms with Crippen LogP contribution in [-0.4, -0.2) is 38.1 Å². The van der Waals surface area contributed by atoms with Crippen LogP contribution in [0.15, 0.2) is 60.7 Å². The SMILES string of the molecule is COc1ccc(CCNC(=O)CC[C@@]2(Cc3cccc4ccccc34)CCC(=O)N2)cc1OC. The van der Waals surface area contributed by atoms with E-state index in [-0.39, 0.29) is 17.4 Å². The van der Waals surface area contributed by atoms with E-state index in [9.17, 15) is 9.59 Å². The summed E-state index contributed by atoms with van der Waals surface area (Å²) in [4.78, 5) is 24.8. The highest BCUT2D eigenvalue weighted by molar-refractivity contribution is 5.86. The normalized spacial score (nSPS) is 17.4. The molecule has 0 spiro atoms. The van der Waals surface area contributed by atoms with Gasteiger partial charge in [0, 0.05) is 24.9 Å². The number of amides is 2. The Labute approximate surface area is 200 Å². The molecule has 0 aromatic heterocycles. The third-order valence-corrected chi connectivity index (χ3v) is 6.66. The van der Waals surface area contributed by atoms with Crippen LogP contribution >= 0.6 is 0 Å². The molecule has 0 aliphatic carbocycles. The van der Waals surface area contributed by atoms with Crippen molar-refractivity contribution in [3.8, 4) is 11.5 Å². The van der Waals surface area contributed by atoms with E-state index in [0.717, 1.165) is 18.4 Å². The fourth-order valence-electron chi connectivity index (χ4n) is 4.82. The van der Waals surface area contributed by atoms with Crippen molar-refractivity contribution in [2.75, 3.05) is 20.8 Å². The molecule has 6 nitrogen and oxygen atoms in total. The van der Waals surface area contributed by atoms with E-state index < -0.39 is 0 Å². The molecule has 0 unspecified atom stereocenters. The van der Waals surface area contributed by atoms with Crippen molar-refractivity contribution in [2.24, 2.45) is 0 Å². The molecule has 1 fully saturated rings. The summed E-state index contributed by atoms with van der Waals surface area (Å²) in [5, 5.41) is 8.60. The molecule has 6 heteroatoms. The topological polar surface area (TPSA) is 76.7 Å². The number of fused-ring (bicyclic) bond motifs is 1. The molecule has 1 heterocycles. The van der Waals surface area contributed by atoms with E-state index in [0.29, 0.717) is 43.7 Å². The third-order valence-electron chi connectivity index (χ3n) is 6.66. The van der Waals surface area contributed by atoms with Crippen molar-refractivity contribution in [1.82, 2.24) is 10.6 Å². The second-order valence-electron chi connectivity index (χ2n) is 8.93. The average Bonchev–Trinajstić information content (AvgIpc) is 3.23. The van der Waals surface area contributed by atoms with E-state index >= 15 is 0 Å². The highest BCUT2D eigenvalue weighted by atomic mass is 16.5. The van der Waals surface area contributed by atoms with Gasteiger partial charge >= 0.3 is 0 Å². The Kier molecular flexibility index (Phi) is 7.36. The largest absolute Gasteiger partial charge is 0.493 e. The molecular weight excluding hydrogens is 428 g/mol. The van der Waals surface area contributed by atoms with Gasteiger partial charge < -0.3 is 20.1 Å². The third kappa shape index (κ3) is 5.50. The van der Waals surface area contributed by atoms with Crippen LogP contribution < -0.4 is 20.1 Å². The summed E-state index contributed by atoms with van der Waals surface area (Å²) in [5.74, 6) is 1.43. The Morgan fingerprint density at radius 3 is 2.59 bits per heavy atom. The van der Waals surface area contributed by atoms with E-state index in [1.165, 1.54) is 16.3 Å². The second kappa shape index (κ2) is 10.6. The average molecular weight is 461 g/mol. The maximum absolute atomic E-state index is 12.6. The molecule has 34 heavy (non-hydrogen) atoms. The van der Waals surface area contributed by atoms with Crippen LogP contribution in [0, 0.1) is 0 Å². The van der Waals surface area contributed by atoms with Gasteiger partial charge in [-0.25, -0.2) is 0 Å². The van der Waals surface area contributed by atoms with E-state index in [1.54, 1.807) is 14.2 Å². The van der Waals surface area contributed by atoms with Gasteiger partial charge in [-0.2, -0.15) is 0 Å². The van der Waals surface area contributed by atoms with Crippen LogP contribution in [0.4, 0.5) is 0 Å². The zero-order valence-electron chi connectivity index (χ0n) is 19.9. The maximum atomic E-state index is 12.6. The second-order valence-corrected chi connectivity index (χ2v) is 8.93. The zero-order chi connectivity index (χ0) is 24.0. The summed E-state index contributed by atoms with van der Waals surface area (Å²) < 4.78 is 10.6. The van der Waals surface area contributed by atoms with Gasteiger partial charge in [0.2, 0.25) is 11.8 Å². The lowest BCUT2D eigenvalue weighted by molar-refractivity contribution is -0.122. The first-order valence-electron chi connectivity index (χ1n) is 11.8. The Balaban J connectivity index is 1.35. The lowest BCUT2D eigenvalue weighted by Gasteiger charge is -2.30. The maximum Gasteiger partial charge on any atom is 0.220 e. The molecular formula is C28H32N2O4. The number of hydrogen-bond acceptors (Lipinski definition) is 4. The Morgan fingerprint density at radius 1 is 1.03 bits per heavy atom. The molecule has 4 rings (SSSR count). The minimum atomic E-state index is -0.387. The van der Waals surface area contributed by atoms with Gasteiger partial charge in [-0.15, -0.1) is 0 Å². The number of rotatable bonds is 10. The number of nitrogens with one attached hydrogen (secondary N) is 2. The predicted octanol–water partition coefficient (Wildman–Crippen LogP) is 4.19. The summed E-state index contributed by atoms with van der Waals surface area (Å²) >= 11 is 0. The number of carbonyl (C=O) groups is 2. The summed E-state index contributed by atoms with van der Waals surface area (Å²) in [6.07, 6.45) is 3.66. The highest BCUT2D eigenvalue weighted by Gasteiger charge is 2.38.